The summed E-state index contributed by atoms with van der Waals surface area (Å²) in [6.07, 6.45) is 1.37. The smallest absolute Gasteiger partial charge is 0.338 e. The van der Waals surface area contributed by atoms with E-state index in [1.54, 1.807) is 58.2 Å². The van der Waals surface area contributed by atoms with Gasteiger partial charge in [-0.05, 0) is 62.2 Å². The van der Waals surface area contributed by atoms with Crippen molar-refractivity contribution in [2.45, 2.75) is 32.9 Å². The number of nitrogens with zero attached hydrogens (tertiary/aromatic N) is 2. The van der Waals surface area contributed by atoms with E-state index in [2.05, 4.69) is 4.99 Å². The number of halogens is 1. The molecule has 0 aliphatic carbocycles. The molecule has 33 heavy (non-hydrogen) atoms. The lowest BCUT2D eigenvalue weighted by atomic mass is 9.96. The maximum atomic E-state index is 13.5. The molecular weight excluding hydrogens is 443 g/mol. The first-order chi connectivity index (χ1) is 15.8. The molecule has 0 spiro atoms. The van der Waals surface area contributed by atoms with Crippen molar-refractivity contribution >= 4 is 23.4 Å². The van der Waals surface area contributed by atoms with E-state index in [4.69, 9.17) is 9.47 Å². The van der Waals surface area contributed by atoms with Crippen LogP contribution in [0.4, 0.5) is 4.39 Å². The topological polar surface area (TPSA) is 69.9 Å². The van der Waals surface area contributed by atoms with E-state index in [-0.39, 0.29) is 17.5 Å². The van der Waals surface area contributed by atoms with Crippen molar-refractivity contribution in [3.05, 3.63) is 96.4 Å². The van der Waals surface area contributed by atoms with Crippen molar-refractivity contribution in [3.8, 4) is 5.75 Å². The molecule has 1 aliphatic heterocycles. The molecule has 0 fully saturated rings. The summed E-state index contributed by atoms with van der Waals surface area (Å²) in [7, 11) is 1.57. The Kier molecular flexibility index (Phi) is 6.29. The van der Waals surface area contributed by atoms with E-state index in [1.807, 2.05) is 12.1 Å². The molecule has 0 amide bonds. The number of aromatic nitrogens is 1. The number of hydrogen-bond donors (Lipinski definition) is 0. The van der Waals surface area contributed by atoms with Gasteiger partial charge in [0.15, 0.2) is 4.80 Å². The Morgan fingerprint density at radius 3 is 2.42 bits per heavy atom. The van der Waals surface area contributed by atoms with Crippen LogP contribution in [0.15, 0.2) is 69.6 Å². The fourth-order valence-corrected chi connectivity index (χ4v) is 4.72. The van der Waals surface area contributed by atoms with Gasteiger partial charge in [0.1, 0.15) is 11.6 Å². The third-order valence-electron chi connectivity index (χ3n) is 5.18. The Morgan fingerprint density at radius 1 is 1.15 bits per heavy atom. The molecule has 0 saturated heterocycles. The van der Waals surface area contributed by atoms with Crippen LogP contribution in [0.1, 0.15) is 37.9 Å². The summed E-state index contributed by atoms with van der Waals surface area (Å²) >= 11 is 1.22. The second-order valence-corrected chi connectivity index (χ2v) is 8.87. The Morgan fingerprint density at radius 2 is 1.82 bits per heavy atom. The van der Waals surface area contributed by atoms with E-state index >= 15 is 0 Å². The quantitative estimate of drug-likeness (QED) is 0.541. The number of rotatable bonds is 5. The summed E-state index contributed by atoms with van der Waals surface area (Å²) in [4.78, 5) is 31.6. The van der Waals surface area contributed by atoms with E-state index in [0.717, 1.165) is 5.56 Å². The van der Waals surface area contributed by atoms with E-state index in [0.29, 0.717) is 31.9 Å². The van der Waals surface area contributed by atoms with Crippen LogP contribution in [0, 0.1) is 5.82 Å². The molecule has 2 heterocycles. The molecule has 6 nitrogen and oxygen atoms in total. The van der Waals surface area contributed by atoms with Crippen LogP contribution in [-0.2, 0) is 9.53 Å². The van der Waals surface area contributed by atoms with Crippen LogP contribution >= 0.6 is 11.3 Å². The molecule has 4 rings (SSSR count). The number of esters is 1. The van der Waals surface area contributed by atoms with Gasteiger partial charge in [0.25, 0.3) is 5.56 Å². The fraction of sp³-hybridized carbons (Fsp3) is 0.240. The molecule has 1 atom stereocenters. The summed E-state index contributed by atoms with van der Waals surface area (Å²) in [6, 6.07) is 12.4. The molecule has 0 saturated carbocycles. The minimum absolute atomic E-state index is 0.286. The van der Waals surface area contributed by atoms with Gasteiger partial charge in [-0.1, -0.05) is 35.6 Å². The van der Waals surface area contributed by atoms with Gasteiger partial charge in [0.2, 0.25) is 0 Å². The maximum Gasteiger partial charge on any atom is 0.338 e. The van der Waals surface area contributed by atoms with Gasteiger partial charge in [0, 0.05) is 0 Å². The highest BCUT2D eigenvalue weighted by molar-refractivity contribution is 7.07. The van der Waals surface area contributed by atoms with Crippen LogP contribution in [0.5, 0.6) is 5.75 Å². The Hall–Kier alpha value is -3.52. The molecular formula is C25H23FN2O4S. The minimum Gasteiger partial charge on any atom is -0.497 e. The molecule has 8 heteroatoms. The average molecular weight is 467 g/mol. The lowest BCUT2D eigenvalue weighted by Crippen LogP contribution is -2.40. The van der Waals surface area contributed by atoms with E-state index in [1.165, 1.54) is 28.0 Å². The predicted molar refractivity (Wildman–Crippen MR) is 124 cm³/mol. The van der Waals surface area contributed by atoms with Crippen molar-refractivity contribution < 1.29 is 18.7 Å². The van der Waals surface area contributed by atoms with Gasteiger partial charge in [-0.3, -0.25) is 9.36 Å². The van der Waals surface area contributed by atoms with Gasteiger partial charge >= 0.3 is 5.97 Å². The normalized spacial score (nSPS) is 15.9. The number of ether oxygens (including phenoxy) is 2. The minimum atomic E-state index is -0.700. The van der Waals surface area contributed by atoms with Gasteiger partial charge in [-0.2, -0.15) is 0 Å². The largest absolute Gasteiger partial charge is 0.497 e. The monoisotopic (exact) mass is 466 g/mol. The van der Waals surface area contributed by atoms with Crippen LogP contribution in [0.2, 0.25) is 0 Å². The Balaban J connectivity index is 1.92. The fourth-order valence-electron chi connectivity index (χ4n) is 3.67. The third-order valence-corrected chi connectivity index (χ3v) is 6.17. The Labute approximate surface area is 193 Å². The van der Waals surface area contributed by atoms with Crippen molar-refractivity contribution in [1.29, 1.82) is 0 Å². The van der Waals surface area contributed by atoms with E-state index < -0.39 is 12.0 Å². The number of benzene rings is 2. The second-order valence-electron chi connectivity index (χ2n) is 7.86. The van der Waals surface area contributed by atoms with Crippen molar-refractivity contribution in [3.63, 3.8) is 0 Å². The number of allylic oxidation sites excluding steroid dienone is 1. The number of fused-ring (bicyclic) bond motifs is 1. The number of carbonyl (C=O) groups excluding carboxylic acids is 1. The average Bonchev–Trinajstić information content (AvgIpc) is 3.08. The van der Waals surface area contributed by atoms with Crippen molar-refractivity contribution in [2.24, 2.45) is 4.99 Å². The number of hydrogen-bond acceptors (Lipinski definition) is 6. The zero-order valence-electron chi connectivity index (χ0n) is 18.7. The first-order valence-corrected chi connectivity index (χ1v) is 11.2. The summed E-state index contributed by atoms with van der Waals surface area (Å²) in [5.74, 6) is -0.202. The van der Waals surface area contributed by atoms with Gasteiger partial charge < -0.3 is 9.47 Å². The van der Waals surface area contributed by atoms with E-state index in [9.17, 15) is 14.0 Å². The molecule has 0 bridgehead atoms. The van der Waals surface area contributed by atoms with Crippen LogP contribution < -0.4 is 19.6 Å². The summed E-state index contributed by atoms with van der Waals surface area (Å²) in [5, 5.41) is 0. The zero-order valence-corrected chi connectivity index (χ0v) is 19.5. The molecule has 170 valence electrons. The highest BCUT2D eigenvalue weighted by Gasteiger charge is 2.33. The van der Waals surface area contributed by atoms with Crippen molar-refractivity contribution in [1.82, 2.24) is 4.57 Å². The maximum absolute atomic E-state index is 13.5. The summed E-state index contributed by atoms with van der Waals surface area (Å²) < 4.78 is 26.0. The summed E-state index contributed by atoms with van der Waals surface area (Å²) in [5.41, 5.74) is 1.95. The lowest BCUT2D eigenvalue weighted by Gasteiger charge is -2.25. The molecule has 0 N–H and O–H groups in total. The number of thiazole rings is 1. The third kappa shape index (κ3) is 4.52. The summed E-state index contributed by atoms with van der Waals surface area (Å²) in [6.45, 7) is 5.28. The standard InChI is InChI=1S/C25H23FN2O4S/c1-14(2)32-24(30)21-15(3)27-25-28(22(21)17-7-11-19(31-4)12-8-17)23(29)20(33-25)13-16-5-9-18(26)10-6-16/h5-14,22H,1-4H3/b20-13-/t22-/m1/s1. The molecule has 3 aromatic rings. The first-order valence-electron chi connectivity index (χ1n) is 10.4. The van der Waals surface area contributed by atoms with Crippen LogP contribution in [0.3, 0.4) is 0 Å². The lowest BCUT2D eigenvalue weighted by molar-refractivity contribution is -0.143. The molecule has 0 radical (unpaired) electrons. The highest BCUT2D eigenvalue weighted by atomic mass is 32.1. The van der Waals surface area contributed by atoms with Gasteiger partial charge in [0.05, 0.1) is 35.1 Å². The predicted octanol–water partition coefficient (Wildman–Crippen LogP) is 3.33. The van der Waals surface area contributed by atoms with Gasteiger partial charge in [-0.25, -0.2) is 14.2 Å². The van der Waals surface area contributed by atoms with Crippen LogP contribution in [-0.4, -0.2) is 23.8 Å². The highest BCUT2D eigenvalue weighted by Crippen LogP contribution is 2.31. The zero-order chi connectivity index (χ0) is 23.7. The first kappa shape index (κ1) is 22.7. The molecule has 2 aromatic carbocycles. The number of methoxy groups -OCH3 is 1. The molecule has 1 aliphatic rings. The number of carbonyl (C=O) groups is 1. The van der Waals surface area contributed by atoms with Gasteiger partial charge in [-0.15, -0.1) is 0 Å². The second kappa shape index (κ2) is 9.15. The Bertz CT molecular complexity index is 1400. The molecule has 0 unspecified atom stereocenters. The van der Waals surface area contributed by atoms with Crippen LogP contribution in [0.25, 0.3) is 6.08 Å². The van der Waals surface area contributed by atoms with Crippen molar-refractivity contribution in [2.75, 3.05) is 7.11 Å². The SMILES string of the molecule is COc1ccc([C@@H]2C(C(=O)OC(C)C)=C(C)N=c3s/c(=C\c4ccc(F)cc4)c(=O)n32)cc1. The molecule has 1 aromatic heterocycles.